The summed E-state index contributed by atoms with van der Waals surface area (Å²) in [5.41, 5.74) is 17.2. The number of benzene rings is 1. The minimum atomic E-state index is -4.53. The van der Waals surface area contributed by atoms with Crippen LogP contribution in [0.2, 0.25) is 5.02 Å². The van der Waals surface area contributed by atoms with Crippen molar-refractivity contribution in [3.8, 4) is 11.8 Å². The minimum absolute atomic E-state index is 0.0300. The van der Waals surface area contributed by atoms with Crippen molar-refractivity contribution in [1.29, 1.82) is 0 Å². The van der Waals surface area contributed by atoms with E-state index in [-0.39, 0.29) is 57.1 Å². The molecule has 9 nitrogen and oxygen atoms in total. The Labute approximate surface area is 227 Å². The van der Waals surface area contributed by atoms with Crippen LogP contribution in [0.1, 0.15) is 59.4 Å². The SMILES string of the molecule is CC#CC(=O)N1CCC2(CC(n3nc(C(C=NCc4cc(C(F)(F)F)ccc4Cl)=CN)c(C(N)=O)c3N)C2)C1. The molecule has 1 aromatic heterocycles. The van der Waals surface area contributed by atoms with Crippen LogP contribution in [0.3, 0.4) is 0 Å². The third-order valence-corrected chi connectivity index (χ3v) is 7.52. The fraction of sp³-hybridized carbons (Fsp3) is 0.385. The molecule has 1 saturated heterocycles. The number of aliphatic imine (C=N–C) groups is 1. The predicted octanol–water partition coefficient (Wildman–Crippen LogP) is 3.38. The molecule has 0 bridgehead atoms. The molecule has 6 N–H and O–H groups in total. The Bertz CT molecular complexity index is 1430. The minimum Gasteiger partial charge on any atom is -0.404 e. The summed E-state index contributed by atoms with van der Waals surface area (Å²) in [6.45, 7) is 2.66. The molecule has 1 spiro atoms. The van der Waals surface area contributed by atoms with E-state index in [1.807, 2.05) is 0 Å². The molecule has 13 heteroatoms. The molecule has 1 aromatic carbocycles. The quantitative estimate of drug-likeness (QED) is 0.365. The molecule has 2 aromatic rings. The van der Waals surface area contributed by atoms with E-state index in [1.54, 1.807) is 11.8 Å². The van der Waals surface area contributed by atoms with Gasteiger partial charge in [0.2, 0.25) is 0 Å². The number of anilines is 1. The van der Waals surface area contributed by atoms with Crippen LogP contribution in [0.15, 0.2) is 29.4 Å². The number of nitrogens with two attached hydrogens (primary N) is 3. The Morgan fingerprint density at radius 2 is 2.05 bits per heavy atom. The first-order valence-corrected chi connectivity index (χ1v) is 12.4. The molecule has 1 aliphatic heterocycles. The Morgan fingerprint density at radius 3 is 2.67 bits per heavy atom. The lowest BCUT2D eigenvalue weighted by Crippen LogP contribution is -2.42. The fourth-order valence-corrected chi connectivity index (χ4v) is 5.39. The maximum atomic E-state index is 13.1. The smallest absolute Gasteiger partial charge is 0.404 e. The first-order chi connectivity index (χ1) is 18.4. The van der Waals surface area contributed by atoms with Crippen LogP contribution < -0.4 is 17.2 Å². The largest absolute Gasteiger partial charge is 0.416 e. The Balaban J connectivity index is 1.53. The van der Waals surface area contributed by atoms with E-state index in [0.717, 1.165) is 30.8 Å². The number of primary amides is 1. The summed E-state index contributed by atoms with van der Waals surface area (Å²) in [6.07, 6.45) is 0.144. The molecule has 2 aliphatic rings. The van der Waals surface area contributed by atoms with Crippen LogP contribution in [0, 0.1) is 17.3 Å². The van der Waals surface area contributed by atoms with Gasteiger partial charge in [0.1, 0.15) is 17.1 Å². The monoisotopic (exact) mass is 561 g/mol. The van der Waals surface area contributed by atoms with Gasteiger partial charge in [0.15, 0.2) is 0 Å². The first-order valence-electron chi connectivity index (χ1n) is 12.1. The number of allylic oxidation sites excluding steroid dienone is 1. The fourth-order valence-electron chi connectivity index (χ4n) is 5.21. The van der Waals surface area contributed by atoms with Crippen molar-refractivity contribution >= 4 is 41.0 Å². The van der Waals surface area contributed by atoms with Crippen LogP contribution in [0.5, 0.6) is 0 Å². The van der Waals surface area contributed by atoms with E-state index in [2.05, 4.69) is 21.9 Å². The van der Waals surface area contributed by atoms with Gasteiger partial charge in [-0.3, -0.25) is 14.6 Å². The second kappa shape index (κ2) is 10.6. The maximum absolute atomic E-state index is 13.1. The van der Waals surface area contributed by atoms with Gasteiger partial charge in [-0.15, -0.1) is 0 Å². The topological polar surface area (TPSA) is 146 Å². The number of likely N-dealkylation sites (tertiary alicyclic amines) is 1. The molecule has 2 fully saturated rings. The highest BCUT2D eigenvalue weighted by Crippen LogP contribution is 2.54. The zero-order valence-electron chi connectivity index (χ0n) is 21.1. The van der Waals surface area contributed by atoms with E-state index < -0.39 is 17.6 Å². The number of halogens is 4. The molecule has 0 radical (unpaired) electrons. The lowest BCUT2D eigenvalue weighted by molar-refractivity contribution is -0.137. The van der Waals surface area contributed by atoms with Crippen LogP contribution in [-0.2, 0) is 17.5 Å². The van der Waals surface area contributed by atoms with E-state index in [4.69, 9.17) is 28.8 Å². The van der Waals surface area contributed by atoms with Gasteiger partial charge in [-0.1, -0.05) is 17.5 Å². The van der Waals surface area contributed by atoms with Crippen molar-refractivity contribution in [1.82, 2.24) is 14.7 Å². The molecule has 0 atom stereocenters. The third-order valence-electron chi connectivity index (χ3n) is 7.15. The number of hydrogen-bond donors (Lipinski definition) is 3. The number of hydrogen-bond acceptors (Lipinski definition) is 6. The van der Waals surface area contributed by atoms with Gasteiger partial charge in [-0.25, -0.2) is 4.68 Å². The van der Waals surface area contributed by atoms with E-state index in [0.29, 0.717) is 25.9 Å². The maximum Gasteiger partial charge on any atom is 0.416 e. The van der Waals surface area contributed by atoms with Gasteiger partial charge < -0.3 is 22.1 Å². The number of aromatic nitrogens is 2. The second-order valence-electron chi connectivity index (χ2n) is 9.73. The molecule has 1 saturated carbocycles. The number of amides is 2. The van der Waals surface area contributed by atoms with Crippen LogP contribution in [0.25, 0.3) is 5.57 Å². The average molecular weight is 562 g/mol. The molecule has 206 valence electrons. The van der Waals surface area contributed by atoms with Crippen molar-refractivity contribution in [3.05, 3.63) is 51.8 Å². The van der Waals surface area contributed by atoms with Crippen molar-refractivity contribution in [3.63, 3.8) is 0 Å². The highest BCUT2D eigenvalue weighted by Gasteiger charge is 2.51. The van der Waals surface area contributed by atoms with Crippen molar-refractivity contribution in [2.24, 2.45) is 21.9 Å². The van der Waals surface area contributed by atoms with E-state index in [9.17, 15) is 22.8 Å². The van der Waals surface area contributed by atoms with E-state index in [1.165, 1.54) is 10.9 Å². The molecule has 1 aliphatic carbocycles. The Morgan fingerprint density at radius 1 is 1.33 bits per heavy atom. The highest BCUT2D eigenvalue weighted by molar-refractivity contribution is 6.31. The number of nitrogen functional groups attached to an aromatic ring is 1. The zero-order chi connectivity index (χ0) is 28.5. The standard InChI is InChI=1S/C26H27ClF3N7O2/c1-2-3-20(38)36-7-6-25(14-36)9-18(10-25)37-23(32)21(24(33)39)22(35-37)16(11-31)13-34-12-15-8-17(26(28,29)30)4-5-19(15)27/h4-5,8,11,13,18H,6-7,9-10,12,14,31-32H2,1H3,(H2,33,39). The summed E-state index contributed by atoms with van der Waals surface area (Å²) in [6, 6.07) is 2.85. The van der Waals surface area contributed by atoms with E-state index >= 15 is 0 Å². The predicted molar refractivity (Wildman–Crippen MR) is 141 cm³/mol. The number of carbonyl (C=O) groups is 2. The van der Waals surface area contributed by atoms with Gasteiger partial charge in [0.25, 0.3) is 11.8 Å². The summed E-state index contributed by atoms with van der Waals surface area (Å²) in [5, 5.41) is 4.65. The summed E-state index contributed by atoms with van der Waals surface area (Å²) < 4.78 is 40.8. The summed E-state index contributed by atoms with van der Waals surface area (Å²) in [7, 11) is 0. The van der Waals surface area contributed by atoms with Crippen molar-refractivity contribution < 1.29 is 22.8 Å². The van der Waals surface area contributed by atoms with Gasteiger partial charge in [-0.05, 0) is 61.3 Å². The number of nitrogens with zero attached hydrogens (tertiary/aromatic N) is 4. The van der Waals surface area contributed by atoms with Gasteiger partial charge in [0, 0.05) is 36.1 Å². The number of alkyl halides is 3. The molecule has 4 rings (SSSR count). The van der Waals surface area contributed by atoms with Crippen molar-refractivity contribution in [2.45, 2.75) is 44.9 Å². The molecule has 39 heavy (non-hydrogen) atoms. The Kier molecular flexibility index (Phi) is 7.66. The lowest BCUT2D eigenvalue weighted by atomic mass is 9.65. The second-order valence-corrected chi connectivity index (χ2v) is 10.1. The summed E-state index contributed by atoms with van der Waals surface area (Å²) >= 11 is 6.05. The van der Waals surface area contributed by atoms with Gasteiger partial charge in [-0.2, -0.15) is 18.3 Å². The molecule has 0 unspecified atom stereocenters. The summed E-state index contributed by atoms with van der Waals surface area (Å²) in [5.74, 6) is 4.26. The highest BCUT2D eigenvalue weighted by atomic mass is 35.5. The number of carbonyl (C=O) groups excluding carboxylic acids is 2. The van der Waals surface area contributed by atoms with Crippen LogP contribution in [0.4, 0.5) is 19.0 Å². The molecular weight excluding hydrogens is 535 g/mol. The third kappa shape index (κ3) is 5.59. The van der Waals surface area contributed by atoms with Crippen molar-refractivity contribution in [2.75, 3.05) is 18.8 Å². The molecule has 2 heterocycles. The molecule has 2 amide bonds. The van der Waals surface area contributed by atoms with Gasteiger partial charge >= 0.3 is 6.18 Å². The zero-order valence-corrected chi connectivity index (χ0v) is 21.8. The molecular formula is C26H27ClF3N7O2. The normalized spacial score (nSPS) is 21.2. The average Bonchev–Trinajstić information content (AvgIpc) is 3.43. The number of rotatable bonds is 6. The van der Waals surface area contributed by atoms with Gasteiger partial charge in [0.05, 0.1) is 18.2 Å². The Hall–Kier alpha value is -3.98. The summed E-state index contributed by atoms with van der Waals surface area (Å²) in [4.78, 5) is 30.4. The lowest BCUT2D eigenvalue weighted by Gasteiger charge is -2.45. The van der Waals surface area contributed by atoms with Crippen LogP contribution in [-0.4, -0.2) is 45.8 Å². The van der Waals surface area contributed by atoms with Crippen LogP contribution >= 0.6 is 11.6 Å². The first kappa shape index (κ1) is 28.0.